The van der Waals surface area contributed by atoms with E-state index in [0.29, 0.717) is 36.8 Å². The minimum Gasteiger partial charge on any atom is -0.497 e. The van der Waals surface area contributed by atoms with Crippen LogP contribution in [0.1, 0.15) is 56.8 Å². The summed E-state index contributed by atoms with van der Waals surface area (Å²) in [4.78, 5) is 27.1. The Morgan fingerprint density at radius 2 is 1.83 bits per heavy atom. The van der Waals surface area contributed by atoms with Crippen molar-refractivity contribution in [1.29, 1.82) is 0 Å². The fourth-order valence-electron chi connectivity index (χ4n) is 4.59. The topological polar surface area (TPSA) is 70.7 Å². The average molecular weight is 406 g/mol. The van der Waals surface area contributed by atoms with Gasteiger partial charge < -0.3 is 15.4 Å². The smallest absolute Gasteiger partial charge is 0.251 e. The van der Waals surface area contributed by atoms with Crippen LogP contribution in [0.4, 0.5) is 4.39 Å². The lowest BCUT2D eigenvalue weighted by Crippen LogP contribution is -2.52. The molecule has 6 nitrogen and oxygen atoms in total. The van der Waals surface area contributed by atoms with Crippen LogP contribution in [0, 0.1) is 11.7 Å². The third-order valence-corrected chi connectivity index (χ3v) is 5.74. The molecule has 0 spiro atoms. The SMILES string of the molecule is COc1cc(F)cc(C(=O)NC[C@@H]2C[C@H]3CC[C@@H](C2)N3CC(=O)NC(C)(C)C)c1. The maximum absolute atomic E-state index is 13.6. The lowest BCUT2D eigenvalue weighted by molar-refractivity contribution is -0.125. The van der Waals surface area contributed by atoms with Gasteiger partial charge in [0.2, 0.25) is 5.91 Å². The van der Waals surface area contributed by atoms with Crippen LogP contribution in [0.2, 0.25) is 0 Å². The van der Waals surface area contributed by atoms with Crippen LogP contribution in [-0.4, -0.2) is 54.5 Å². The van der Waals surface area contributed by atoms with E-state index in [1.165, 1.54) is 19.2 Å². The maximum Gasteiger partial charge on any atom is 0.251 e. The van der Waals surface area contributed by atoms with Crippen LogP contribution in [-0.2, 0) is 4.79 Å². The average Bonchev–Trinajstić information content (AvgIpc) is 2.86. The summed E-state index contributed by atoms with van der Waals surface area (Å²) in [6.07, 6.45) is 4.12. The van der Waals surface area contributed by atoms with Gasteiger partial charge in [0.15, 0.2) is 0 Å². The molecule has 160 valence electrons. The molecule has 3 atom stereocenters. The molecule has 2 N–H and O–H groups in total. The zero-order chi connectivity index (χ0) is 21.2. The number of fused-ring (bicyclic) bond motifs is 2. The van der Waals surface area contributed by atoms with Gasteiger partial charge in [0, 0.05) is 35.8 Å². The first-order valence-electron chi connectivity index (χ1n) is 10.3. The number of ether oxygens (including phenoxy) is 1. The van der Waals surface area contributed by atoms with Crippen molar-refractivity contribution in [1.82, 2.24) is 15.5 Å². The molecule has 0 aliphatic carbocycles. The summed E-state index contributed by atoms with van der Waals surface area (Å²) in [6, 6.07) is 4.78. The van der Waals surface area contributed by atoms with Gasteiger partial charge in [-0.3, -0.25) is 14.5 Å². The number of amides is 2. The van der Waals surface area contributed by atoms with Crippen molar-refractivity contribution >= 4 is 11.8 Å². The minimum atomic E-state index is -0.491. The molecule has 0 radical (unpaired) electrons. The molecule has 1 aromatic carbocycles. The molecule has 0 unspecified atom stereocenters. The second kappa shape index (κ2) is 8.69. The molecule has 1 aromatic rings. The molecule has 3 rings (SSSR count). The first-order chi connectivity index (χ1) is 13.6. The Morgan fingerprint density at radius 3 is 2.41 bits per heavy atom. The molecule has 0 aromatic heterocycles. The maximum atomic E-state index is 13.6. The molecule has 2 heterocycles. The fraction of sp³-hybridized carbons (Fsp3) is 0.636. The minimum absolute atomic E-state index is 0.0706. The van der Waals surface area contributed by atoms with Gasteiger partial charge in [-0.2, -0.15) is 0 Å². The third-order valence-electron chi connectivity index (χ3n) is 5.74. The summed E-state index contributed by atoms with van der Waals surface area (Å²) in [5, 5.41) is 5.98. The van der Waals surface area contributed by atoms with E-state index in [1.807, 2.05) is 20.8 Å². The monoisotopic (exact) mass is 405 g/mol. The number of halogens is 1. The Morgan fingerprint density at radius 1 is 1.17 bits per heavy atom. The van der Waals surface area contributed by atoms with Crippen molar-refractivity contribution in [3.63, 3.8) is 0 Å². The van der Waals surface area contributed by atoms with Crippen LogP contribution in [0.3, 0.4) is 0 Å². The lowest BCUT2D eigenvalue weighted by atomic mass is 9.90. The van der Waals surface area contributed by atoms with Crippen LogP contribution in [0.15, 0.2) is 18.2 Å². The molecule has 7 heteroatoms. The molecule has 2 bridgehead atoms. The predicted molar refractivity (Wildman–Crippen MR) is 109 cm³/mol. The Labute approximate surface area is 172 Å². The van der Waals surface area contributed by atoms with Crippen molar-refractivity contribution in [3.05, 3.63) is 29.6 Å². The standard InChI is InChI=1S/C22H32FN3O3/c1-22(2,3)25-20(27)13-26-17-5-6-18(26)8-14(7-17)12-24-21(28)15-9-16(23)11-19(10-15)29-4/h9-11,14,17-18H,5-8,12-13H2,1-4H3,(H,24,28)(H,25,27)/t14-,17-,18+. The van der Waals surface area contributed by atoms with E-state index >= 15 is 0 Å². The van der Waals surface area contributed by atoms with Gasteiger partial charge in [-0.05, 0) is 64.5 Å². The molecule has 2 aliphatic heterocycles. The summed E-state index contributed by atoms with van der Waals surface area (Å²) < 4.78 is 18.7. The molecule has 0 saturated carbocycles. The number of hydrogen-bond donors (Lipinski definition) is 2. The number of carbonyl (C=O) groups is 2. The highest BCUT2D eigenvalue weighted by Crippen LogP contribution is 2.38. The molecule has 2 aliphatic rings. The first-order valence-corrected chi connectivity index (χ1v) is 10.3. The van der Waals surface area contributed by atoms with E-state index < -0.39 is 5.82 Å². The number of nitrogens with zero attached hydrogens (tertiary/aromatic N) is 1. The number of hydrogen-bond acceptors (Lipinski definition) is 4. The molecular weight excluding hydrogens is 373 g/mol. The molecule has 2 amide bonds. The predicted octanol–water partition coefficient (Wildman–Crippen LogP) is 2.72. The number of rotatable bonds is 6. The van der Waals surface area contributed by atoms with Crippen LogP contribution >= 0.6 is 0 Å². The van der Waals surface area contributed by atoms with Gasteiger partial charge >= 0.3 is 0 Å². The van der Waals surface area contributed by atoms with E-state index in [1.54, 1.807) is 6.07 Å². The van der Waals surface area contributed by atoms with Crippen molar-refractivity contribution in [2.45, 2.75) is 64.1 Å². The van der Waals surface area contributed by atoms with Crippen LogP contribution in [0.5, 0.6) is 5.75 Å². The highest BCUT2D eigenvalue weighted by Gasteiger charge is 2.41. The molecule has 2 fully saturated rings. The van der Waals surface area contributed by atoms with Crippen LogP contribution < -0.4 is 15.4 Å². The summed E-state index contributed by atoms with van der Waals surface area (Å²) in [5.41, 5.74) is 0.0410. The van der Waals surface area contributed by atoms with Gasteiger partial charge in [-0.15, -0.1) is 0 Å². The largest absolute Gasteiger partial charge is 0.497 e. The van der Waals surface area contributed by atoms with Gasteiger partial charge in [-0.1, -0.05) is 0 Å². The Bertz CT molecular complexity index is 748. The summed E-state index contributed by atoms with van der Waals surface area (Å²) in [7, 11) is 1.45. The normalized spacial score (nSPS) is 24.2. The highest BCUT2D eigenvalue weighted by molar-refractivity contribution is 5.94. The summed E-state index contributed by atoms with van der Waals surface area (Å²) >= 11 is 0. The molecular formula is C22H32FN3O3. The number of methoxy groups -OCH3 is 1. The highest BCUT2D eigenvalue weighted by atomic mass is 19.1. The molecule has 2 saturated heterocycles. The van der Waals surface area contributed by atoms with Crippen molar-refractivity contribution in [2.75, 3.05) is 20.2 Å². The van der Waals surface area contributed by atoms with Crippen molar-refractivity contribution in [2.24, 2.45) is 5.92 Å². The van der Waals surface area contributed by atoms with E-state index in [0.717, 1.165) is 25.7 Å². The van der Waals surface area contributed by atoms with E-state index in [9.17, 15) is 14.0 Å². The zero-order valence-corrected chi connectivity index (χ0v) is 17.8. The Hall–Kier alpha value is -2.15. The zero-order valence-electron chi connectivity index (χ0n) is 17.8. The van der Waals surface area contributed by atoms with Crippen LogP contribution in [0.25, 0.3) is 0 Å². The quantitative estimate of drug-likeness (QED) is 0.764. The van der Waals surface area contributed by atoms with Gasteiger partial charge in [0.05, 0.1) is 13.7 Å². The number of piperidine rings is 1. The second-order valence-electron chi connectivity index (χ2n) is 9.28. The van der Waals surface area contributed by atoms with Gasteiger partial charge in [-0.25, -0.2) is 4.39 Å². The number of nitrogens with one attached hydrogen (secondary N) is 2. The second-order valence-corrected chi connectivity index (χ2v) is 9.28. The Kier molecular flexibility index (Phi) is 6.46. The number of carbonyl (C=O) groups excluding carboxylic acids is 2. The van der Waals surface area contributed by atoms with E-state index in [-0.39, 0.29) is 22.9 Å². The summed E-state index contributed by atoms with van der Waals surface area (Å²) in [5.74, 6) is -0.0124. The first kappa shape index (κ1) is 21.6. The van der Waals surface area contributed by atoms with Crippen molar-refractivity contribution < 1.29 is 18.7 Å². The third kappa shape index (κ3) is 5.69. The lowest BCUT2D eigenvalue weighted by Gasteiger charge is -2.39. The summed E-state index contributed by atoms with van der Waals surface area (Å²) in [6.45, 7) is 6.97. The Balaban J connectivity index is 1.52. The molecule has 29 heavy (non-hydrogen) atoms. The van der Waals surface area contributed by atoms with Crippen molar-refractivity contribution in [3.8, 4) is 5.75 Å². The fourth-order valence-corrected chi connectivity index (χ4v) is 4.59. The van der Waals surface area contributed by atoms with E-state index in [4.69, 9.17) is 4.74 Å². The number of benzene rings is 1. The van der Waals surface area contributed by atoms with E-state index in [2.05, 4.69) is 15.5 Å². The van der Waals surface area contributed by atoms with Gasteiger partial charge in [0.1, 0.15) is 11.6 Å². The van der Waals surface area contributed by atoms with Gasteiger partial charge in [0.25, 0.3) is 5.91 Å².